The van der Waals surface area contributed by atoms with Crippen LogP contribution in [-0.2, 0) is 0 Å². The quantitative estimate of drug-likeness (QED) is 0.551. The van der Waals surface area contributed by atoms with E-state index in [4.69, 9.17) is 0 Å². The molecule has 1 atom stereocenters. The molecule has 0 spiro atoms. The molecule has 2 nitrogen and oxygen atoms in total. The van der Waals surface area contributed by atoms with Crippen LogP contribution in [0.25, 0.3) is 0 Å². The van der Waals surface area contributed by atoms with Crippen LogP contribution in [0.5, 0.6) is 0 Å². The third-order valence-electron chi connectivity index (χ3n) is 2.22. The van der Waals surface area contributed by atoms with E-state index in [1.54, 1.807) is 6.20 Å². The van der Waals surface area contributed by atoms with Gasteiger partial charge in [-0.2, -0.15) is 0 Å². The fourth-order valence-electron chi connectivity index (χ4n) is 1.31. The van der Waals surface area contributed by atoms with Gasteiger partial charge in [0.05, 0.1) is 0 Å². The van der Waals surface area contributed by atoms with Crippen molar-refractivity contribution in [2.75, 3.05) is 6.54 Å². The van der Waals surface area contributed by atoms with Gasteiger partial charge in [-0.1, -0.05) is 12.1 Å². The first-order valence-corrected chi connectivity index (χ1v) is 5.09. The van der Waals surface area contributed by atoms with Crippen molar-refractivity contribution in [2.45, 2.75) is 25.8 Å². The first kappa shape index (κ1) is 10.9. The fourth-order valence-corrected chi connectivity index (χ4v) is 1.31. The lowest BCUT2D eigenvalue weighted by atomic mass is 10.1. The average Bonchev–Trinajstić information content (AvgIpc) is 2.25. The van der Waals surface area contributed by atoms with Crippen LogP contribution in [-0.4, -0.2) is 11.5 Å². The van der Waals surface area contributed by atoms with Crippen molar-refractivity contribution in [3.05, 3.63) is 42.7 Å². The molecule has 1 aromatic heterocycles. The number of nitrogens with zero attached hydrogens (tertiary/aromatic N) is 1. The zero-order valence-electron chi connectivity index (χ0n) is 8.74. The second-order valence-electron chi connectivity index (χ2n) is 3.39. The molecule has 76 valence electrons. The van der Waals surface area contributed by atoms with Crippen molar-refractivity contribution in [2.24, 2.45) is 0 Å². The highest BCUT2D eigenvalue weighted by atomic mass is 14.9. The van der Waals surface area contributed by atoms with Crippen molar-refractivity contribution in [1.82, 2.24) is 10.3 Å². The molecule has 0 saturated heterocycles. The van der Waals surface area contributed by atoms with E-state index in [9.17, 15) is 0 Å². The third-order valence-corrected chi connectivity index (χ3v) is 2.22. The number of unbranched alkanes of at least 4 members (excludes halogenated alkanes) is 1. The maximum absolute atomic E-state index is 4.09. The van der Waals surface area contributed by atoms with Crippen LogP contribution in [0.3, 0.4) is 0 Å². The zero-order valence-corrected chi connectivity index (χ0v) is 8.74. The summed E-state index contributed by atoms with van der Waals surface area (Å²) in [7, 11) is 0. The Balaban J connectivity index is 2.28. The van der Waals surface area contributed by atoms with Gasteiger partial charge in [0.1, 0.15) is 0 Å². The number of pyridine rings is 1. The minimum Gasteiger partial charge on any atom is -0.310 e. The fraction of sp³-hybridized carbons (Fsp3) is 0.417. The maximum atomic E-state index is 4.09. The summed E-state index contributed by atoms with van der Waals surface area (Å²) in [4.78, 5) is 4.09. The minimum atomic E-state index is 0.383. The summed E-state index contributed by atoms with van der Waals surface area (Å²) in [5.41, 5.74) is 1.24. The molecule has 0 saturated carbocycles. The van der Waals surface area contributed by atoms with Gasteiger partial charge in [0.2, 0.25) is 0 Å². The number of rotatable bonds is 6. The highest BCUT2D eigenvalue weighted by Crippen LogP contribution is 2.09. The van der Waals surface area contributed by atoms with Gasteiger partial charge in [-0.3, -0.25) is 4.98 Å². The number of nitrogens with one attached hydrogen (secondary N) is 1. The monoisotopic (exact) mass is 190 g/mol. The van der Waals surface area contributed by atoms with Gasteiger partial charge in [-0.15, -0.1) is 6.58 Å². The molecular weight excluding hydrogens is 172 g/mol. The molecular formula is C12H18N2. The Morgan fingerprint density at radius 1 is 1.64 bits per heavy atom. The second kappa shape index (κ2) is 6.33. The van der Waals surface area contributed by atoms with Crippen LogP contribution in [0.2, 0.25) is 0 Å². The molecule has 0 amide bonds. The lowest BCUT2D eigenvalue weighted by Crippen LogP contribution is -2.19. The zero-order chi connectivity index (χ0) is 10.2. The summed E-state index contributed by atoms with van der Waals surface area (Å²) in [6.07, 6.45) is 7.89. The van der Waals surface area contributed by atoms with Gasteiger partial charge in [0.25, 0.3) is 0 Å². The molecule has 0 aromatic carbocycles. The molecule has 1 N–H and O–H groups in total. The first-order chi connectivity index (χ1) is 6.84. The molecule has 0 aliphatic carbocycles. The van der Waals surface area contributed by atoms with E-state index >= 15 is 0 Å². The van der Waals surface area contributed by atoms with Gasteiger partial charge < -0.3 is 5.32 Å². The molecule has 14 heavy (non-hydrogen) atoms. The number of aromatic nitrogens is 1. The summed E-state index contributed by atoms with van der Waals surface area (Å²) in [6, 6.07) is 4.45. The van der Waals surface area contributed by atoms with Crippen LogP contribution in [0.4, 0.5) is 0 Å². The predicted molar refractivity (Wildman–Crippen MR) is 60.1 cm³/mol. The summed E-state index contributed by atoms with van der Waals surface area (Å²) >= 11 is 0. The Hall–Kier alpha value is -1.15. The van der Waals surface area contributed by atoms with Crippen LogP contribution >= 0.6 is 0 Å². The van der Waals surface area contributed by atoms with Crippen LogP contribution in [0.15, 0.2) is 37.2 Å². The van der Waals surface area contributed by atoms with Crippen molar-refractivity contribution in [3.63, 3.8) is 0 Å². The van der Waals surface area contributed by atoms with Crippen molar-refractivity contribution in [3.8, 4) is 0 Å². The molecule has 0 bridgehead atoms. The standard InChI is InChI=1S/C12H18N2/c1-3-4-5-9-14-11(2)12-7-6-8-13-10-12/h3,6-8,10-11,14H,1,4-5,9H2,2H3/t11-/m0/s1. The number of hydrogen-bond acceptors (Lipinski definition) is 2. The summed E-state index contributed by atoms with van der Waals surface area (Å²) in [5.74, 6) is 0. The van der Waals surface area contributed by atoms with Crippen molar-refractivity contribution < 1.29 is 0 Å². The van der Waals surface area contributed by atoms with Crippen molar-refractivity contribution >= 4 is 0 Å². The smallest absolute Gasteiger partial charge is 0.0315 e. The van der Waals surface area contributed by atoms with Gasteiger partial charge in [0, 0.05) is 18.4 Å². The number of allylic oxidation sites excluding steroid dienone is 1. The van der Waals surface area contributed by atoms with Crippen LogP contribution in [0, 0.1) is 0 Å². The molecule has 0 unspecified atom stereocenters. The molecule has 2 heteroatoms. The molecule has 0 aliphatic rings. The van der Waals surface area contributed by atoms with Crippen LogP contribution < -0.4 is 5.32 Å². The summed E-state index contributed by atoms with van der Waals surface area (Å²) < 4.78 is 0. The SMILES string of the molecule is C=CCCCN[C@@H](C)c1cccnc1. The Labute approximate surface area is 86.1 Å². The lowest BCUT2D eigenvalue weighted by molar-refractivity contribution is 0.559. The van der Waals surface area contributed by atoms with Gasteiger partial charge in [-0.25, -0.2) is 0 Å². The number of hydrogen-bond donors (Lipinski definition) is 1. The van der Waals surface area contributed by atoms with E-state index in [2.05, 4.69) is 29.9 Å². The van der Waals surface area contributed by atoms with Crippen molar-refractivity contribution in [1.29, 1.82) is 0 Å². The Kier molecular flexibility index (Phi) is 4.94. The molecule has 0 fully saturated rings. The Morgan fingerprint density at radius 2 is 2.50 bits per heavy atom. The topological polar surface area (TPSA) is 24.9 Å². The molecule has 0 radical (unpaired) electrons. The minimum absolute atomic E-state index is 0.383. The van der Waals surface area contributed by atoms with E-state index in [0.717, 1.165) is 19.4 Å². The van der Waals surface area contributed by atoms with Crippen LogP contribution in [0.1, 0.15) is 31.4 Å². The van der Waals surface area contributed by atoms with E-state index in [0.29, 0.717) is 6.04 Å². The van der Waals surface area contributed by atoms with E-state index in [1.807, 2.05) is 18.3 Å². The Bertz CT molecular complexity index is 256. The van der Waals surface area contributed by atoms with Gasteiger partial charge in [-0.05, 0) is 37.9 Å². The molecule has 1 heterocycles. The predicted octanol–water partition coefficient (Wildman–Crippen LogP) is 2.70. The average molecular weight is 190 g/mol. The largest absolute Gasteiger partial charge is 0.310 e. The molecule has 1 aromatic rings. The van der Waals surface area contributed by atoms with E-state index in [1.165, 1.54) is 5.56 Å². The van der Waals surface area contributed by atoms with Gasteiger partial charge >= 0.3 is 0 Å². The highest BCUT2D eigenvalue weighted by Gasteiger charge is 2.02. The first-order valence-electron chi connectivity index (χ1n) is 5.09. The molecule has 1 rings (SSSR count). The third kappa shape index (κ3) is 3.71. The Morgan fingerprint density at radius 3 is 3.14 bits per heavy atom. The van der Waals surface area contributed by atoms with E-state index in [-0.39, 0.29) is 0 Å². The highest BCUT2D eigenvalue weighted by molar-refractivity contribution is 5.12. The normalized spacial score (nSPS) is 12.4. The maximum Gasteiger partial charge on any atom is 0.0315 e. The summed E-state index contributed by atoms with van der Waals surface area (Å²) in [6.45, 7) is 6.89. The second-order valence-corrected chi connectivity index (χ2v) is 3.39. The van der Waals surface area contributed by atoms with E-state index < -0.39 is 0 Å². The van der Waals surface area contributed by atoms with Gasteiger partial charge in [0.15, 0.2) is 0 Å². The summed E-state index contributed by atoms with van der Waals surface area (Å²) in [5, 5.41) is 3.45. The lowest BCUT2D eigenvalue weighted by Gasteiger charge is -2.12. The molecule has 0 aliphatic heterocycles.